The van der Waals surface area contributed by atoms with Crippen molar-refractivity contribution in [3.63, 3.8) is 0 Å². The number of hydrazone groups is 1. The highest BCUT2D eigenvalue weighted by Crippen LogP contribution is 2.20. The van der Waals surface area contributed by atoms with E-state index in [0.29, 0.717) is 11.4 Å². The Hall–Kier alpha value is -2.93. The maximum absolute atomic E-state index is 10.9. The molecule has 1 heterocycles. The van der Waals surface area contributed by atoms with Crippen LogP contribution in [0.3, 0.4) is 0 Å². The zero-order valence-corrected chi connectivity index (χ0v) is 15.4. The Bertz CT molecular complexity index is 845. The SMILES string of the molecule is C/C(=N\Nc1cccc([N+](=O)[O-])c1)c1ccc(O)c(C[NH+]2CCCCC2)c1. The van der Waals surface area contributed by atoms with E-state index in [1.165, 1.54) is 36.3 Å². The molecular weight excluding hydrogens is 344 g/mol. The van der Waals surface area contributed by atoms with Gasteiger partial charge >= 0.3 is 0 Å². The summed E-state index contributed by atoms with van der Waals surface area (Å²) in [5.41, 5.74) is 6.03. The van der Waals surface area contributed by atoms with E-state index in [1.807, 2.05) is 19.1 Å². The van der Waals surface area contributed by atoms with Crippen LogP contribution in [0.2, 0.25) is 0 Å². The maximum atomic E-state index is 10.9. The lowest BCUT2D eigenvalue weighted by Gasteiger charge is -2.24. The third-order valence-corrected chi connectivity index (χ3v) is 4.91. The van der Waals surface area contributed by atoms with E-state index in [-0.39, 0.29) is 5.69 Å². The second-order valence-corrected chi connectivity index (χ2v) is 6.95. The fraction of sp³-hybridized carbons (Fsp3) is 0.350. The summed E-state index contributed by atoms with van der Waals surface area (Å²) in [4.78, 5) is 11.9. The number of phenolic OH excluding ortho intramolecular Hbond substituents is 1. The normalized spacial score (nSPS) is 15.5. The second kappa shape index (κ2) is 8.64. The van der Waals surface area contributed by atoms with Crippen molar-refractivity contribution in [3.8, 4) is 5.75 Å². The summed E-state index contributed by atoms with van der Waals surface area (Å²) in [6.45, 7) is 4.97. The van der Waals surface area contributed by atoms with E-state index < -0.39 is 4.92 Å². The number of benzene rings is 2. The van der Waals surface area contributed by atoms with Crippen molar-refractivity contribution < 1.29 is 14.9 Å². The number of likely N-dealkylation sites (tertiary alicyclic amines) is 1. The number of nitro benzene ring substituents is 1. The first-order chi connectivity index (χ1) is 13.0. The summed E-state index contributed by atoms with van der Waals surface area (Å²) in [6.07, 6.45) is 3.78. The van der Waals surface area contributed by atoms with Crippen LogP contribution in [-0.4, -0.2) is 28.8 Å². The van der Waals surface area contributed by atoms with Crippen molar-refractivity contribution in [2.24, 2.45) is 5.10 Å². The van der Waals surface area contributed by atoms with Gasteiger partial charge < -0.3 is 10.0 Å². The molecule has 3 N–H and O–H groups in total. The van der Waals surface area contributed by atoms with Crippen molar-refractivity contribution in [1.29, 1.82) is 0 Å². The van der Waals surface area contributed by atoms with Crippen LogP contribution >= 0.6 is 0 Å². The number of rotatable bonds is 6. The minimum atomic E-state index is -0.434. The van der Waals surface area contributed by atoms with E-state index in [2.05, 4.69) is 10.5 Å². The first-order valence-electron chi connectivity index (χ1n) is 9.23. The van der Waals surface area contributed by atoms with E-state index in [9.17, 15) is 15.2 Å². The number of quaternary nitrogens is 1. The van der Waals surface area contributed by atoms with Crippen molar-refractivity contribution >= 4 is 17.1 Å². The molecule has 142 valence electrons. The third-order valence-electron chi connectivity index (χ3n) is 4.91. The molecule has 27 heavy (non-hydrogen) atoms. The lowest BCUT2D eigenvalue weighted by molar-refractivity contribution is -0.918. The van der Waals surface area contributed by atoms with Crippen molar-refractivity contribution in [1.82, 2.24) is 0 Å². The summed E-state index contributed by atoms with van der Waals surface area (Å²) in [7, 11) is 0. The first-order valence-corrected chi connectivity index (χ1v) is 9.23. The van der Waals surface area contributed by atoms with E-state index in [1.54, 1.807) is 18.2 Å². The Labute approximate surface area is 158 Å². The van der Waals surface area contributed by atoms with Crippen molar-refractivity contribution in [3.05, 3.63) is 63.7 Å². The van der Waals surface area contributed by atoms with Crippen LogP contribution in [0.4, 0.5) is 11.4 Å². The zero-order chi connectivity index (χ0) is 19.2. The topological polar surface area (TPSA) is 92.2 Å². The van der Waals surface area contributed by atoms with Gasteiger partial charge in [-0.2, -0.15) is 5.10 Å². The quantitative estimate of drug-likeness (QED) is 0.415. The number of nitrogens with one attached hydrogen (secondary N) is 2. The molecule has 1 aliphatic rings. The monoisotopic (exact) mass is 369 g/mol. The van der Waals surface area contributed by atoms with Crippen LogP contribution in [-0.2, 0) is 6.54 Å². The number of phenols is 1. The van der Waals surface area contributed by atoms with Gasteiger partial charge in [0.1, 0.15) is 12.3 Å². The minimum absolute atomic E-state index is 0.0179. The zero-order valence-electron chi connectivity index (χ0n) is 15.4. The number of aromatic hydroxyl groups is 1. The van der Waals surface area contributed by atoms with E-state index >= 15 is 0 Å². The van der Waals surface area contributed by atoms with Crippen LogP contribution in [0.15, 0.2) is 47.6 Å². The summed E-state index contributed by atoms with van der Waals surface area (Å²) >= 11 is 0. The number of non-ortho nitro benzene ring substituents is 1. The molecule has 3 rings (SSSR count). The number of nitro groups is 1. The number of nitrogens with zero attached hydrogens (tertiary/aromatic N) is 2. The highest BCUT2D eigenvalue weighted by molar-refractivity contribution is 5.99. The van der Waals surface area contributed by atoms with Gasteiger partial charge in [0.05, 0.1) is 29.4 Å². The van der Waals surface area contributed by atoms with E-state index in [0.717, 1.165) is 36.5 Å². The van der Waals surface area contributed by atoms with Crippen LogP contribution < -0.4 is 10.3 Å². The molecule has 0 saturated carbocycles. The molecule has 0 bridgehead atoms. The average Bonchev–Trinajstić information content (AvgIpc) is 2.69. The van der Waals surface area contributed by atoms with Gasteiger partial charge in [-0.05, 0) is 56.0 Å². The van der Waals surface area contributed by atoms with Gasteiger partial charge in [-0.15, -0.1) is 0 Å². The lowest BCUT2D eigenvalue weighted by Crippen LogP contribution is -3.11. The lowest BCUT2D eigenvalue weighted by atomic mass is 10.0. The number of hydrogen-bond acceptors (Lipinski definition) is 5. The van der Waals surface area contributed by atoms with Gasteiger partial charge in [-0.1, -0.05) is 6.07 Å². The van der Waals surface area contributed by atoms with Crippen LogP contribution in [0.25, 0.3) is 0 Å². The van der Waals surface area contributed by atoms with Crippen molar-refractivity contribution in [2.45, 2.75) is 32.7 Å². The summed E-state index contributed by atoms with van der Waals surface area (Å²) in [5, 5.41) is 25.4. The van der Waals surface area contributed by atoms with Gasteiger partial charge in [0.15, 0.2) is 0 Å². The second-order valence-electron chi connectivity index (χ2n) is 6.95. The van der Waals surface area contributed by atoms with Gasteiger partial charge in [0, 0.05) is 17.7 Å². The van der Waals surface area contributed by atoms with E-state index in [4.69, 9.17) is 0 Å². The fourth-order valence-electron chi connectivity index (χ4n) is 3.35. The molecular formula is C20H25N4O3+. The number of piperidine rings is 1. The predicted molar refractivity (Wildman–Crippen MR) is 105 cm³/mol. The largest absolute Gasteiger partial charge is 0.507 e. The number of hydrogen-bond donors (Lipinski definition) is 3. The van der Waals surface area contributed by atoms with Crippen LogP contribution in [0.1, 0.15) is 37.3 Å². The summed E-state index contributed by atoms with van der Waals surface area (Å²) < 4.78 is 0. The molecule has 0 radical (unpaired) electrons. The standard InChI is InChI=1S/C20H24N4O3/c1-15(21-22-18-6-5-7-19(13-18)24(26)27)16-8-9-20(25)17(12-16)14-23-10-3-2-4-11-23/h5-9,12-13,22,25H,2-4,10-11,14H2,1H3/p+1/b21-15+. The first kappa shape index (κ1) is 18.8. The molecule has 0 atom stereocenters. The molecule has 0 aliphatic carbocycles. The molecule has 2 aromatic carbocycles. The average molecular weight is 369 g/mol. The van der Waals surface area contributed by atoms with Gasteiger partial charge in [0.2, 0.25) is 0 Å². The Morgan fingerprint density at radius 3 is 2.74 bits per heavy atom. The molecule has 1 aliphatic heterocycles. The molecule has 7 heteroatoms. The molecule has 0 aromatic heterocycles. The molecule has 0 spiro atoms. The molecule has 1 saturated heterocycles. The van der Waals surface area contributed by atoms with Crippen molar-refractivity contribution in [2.75, 3.05) is 18.5 Å². The minimum Gasteiger partial charge on any atom is -0.507 e. The smallest absolute Gasteiger partial charge is 0.271 e. The molecule has 2 aromatic rings. The molecule has 0 unspecified atom stereocenters. The Balaban J connectivity index is 1.72. The molecule has 0 amide bonds. The highest BCUT2D eigenvalue weighted by Gasteiger charge is 2.16. The Morgan fingerprint density at radius 2 is 2.00 bits per heavy atom. The fourth-order valence-corrected chi connectivity index (χ4v) is 3.35. The molecule has 7 nitrogen and oxygen atoms in total. The Morgan fingerprint density at radius 1 is 1.22 bits per heavy atom. The summed E-state index contributed by atoms with van der Waals surface area (Å²) in [5.74, 6) is 0.316. The van der Waals surface area contributed by atoms with Gasteiger partial charge in [-0.25, -0.2) is 0 Å². The number of anilines is 1. The van der Waals surface area contributed by atoms with Crippen LogP contribution in [0.5, 0.6) is 5.75 Å². The van der Waals surface area contributed by atoms with Gasteiger partial charge in [-0.3, -0.25) is 15.5 Å². The van der Waals surface area contributed by atoms with Gasteiger partial charge in [0.25, 0.3) is 5.69 Å². The predicted octanol–water partition coefficient (Wildman–Crippen LogP) is 2.71. The highest BCUT2D eigenvalue weighted by atomic mass is 16.6. The van der Waals surface area contributed by atoms with Crippen LogP contribution in [0, 0.1) is 10.1 Å². The maximum Gasteiger partial charge on any atom is 0.271 e. The Kier molecular flexibility index (Phi) is 6.03. The summed E-state index contributed by atoms with van der Waals surface area (Å²) in [6, 6.07) is 11.7. The molecule has 1 fully saturated rings. The third kappa shape index (κ3) is 5.04.